The molecule has 0 radical (unpaired) electrons. The molecule has 1 saturated heterocycles. The van der Waals surface area contributed by atoms with Crippen LogP contribution in [-0.4, -0.2) is 0 Å². The summed E-state index contributed by atoms with van der Waals surface area (Å²) < 4.78 is 4.26. The predicted molar refractivity (Wildman–Crippen MR) is 213 cm³/mol. The van der Waals surface area contributed by atoms with E-state index in [1.54, 1.807) is 22.3 Å². The number of allylic oxidation sites excluding steroid dienone is 2. The maximum atomic E-state index is 2.70. The number of hydrogen-bond acceptors (Lipinski definition) is 0. The molecule has 6 aromatic carbocycles. The minimum Gasteiger partial charge on any atom is -1.00 e. The minimum atomic E-state index is -3.01. The molecule has 52 heavy (non-hydrogen) atoms. The van der Waals surface area contributed by atoms with Crippen LogP contribution in [0.2, 0.25) is 8.26 Å². The summed E-state index contributed by atoms with van der Waals surface area (Å²) in [7, 11) is 0. The van der Waals surface area contributed by atoms with Gasteiger partial charge in [0.1, 0.15) is 0 Å². The number of benzene rings is 6. The van der Waals surface area contributed by atoms with Crippen molar-refractivity contribution in [1.29, 1.82) is 0 Å². The van der Waals surface area contributed by atoms with Gasteiger partial charge in [-0.1, -0.05) is 0 Å². The van der Waals surface area contributed by atoms with Gasteiger partial charge >= 0.3 is 305 Å². The van der Waals surface area contributed by atoms with E-state index in [4.69, 9.17) is 0 Å². The third-order valence-electron chi connectivity index (χ3n) is 12.2. The van der Waals surface area contributed by atoms with E-state index < -0.39 is 20.3 Å². The zero-order valence-corrected chi connectivity index (χ0v) is 34.8. The van der Waals surface area contributed by atoms with Gasteiger partial charge in [-0.3, -0.25) is 0 Å². The van der Waals surface area contributed by atoms with E-state index in [2.05, 4.69) is 161 Å². The predicted octanol–water partition coefficient (Wildman–Crippen LogP) is 8.40. The SMILES string of the molecule is CC(C)CC1=Cc2c(-c3cccc4ccccc34)cccc2[CH]1[Zr+2]1([CH]2C(CC(C)C)=Cc3c(-c4cccc5ccccc45)cccc32)[CH2]C[CH2]1.[Cl-].[Cl-]. The molecule has 1 fully saturated rings. The first kappa shape index (κ1) is 37.1. The molecule has 9 rings (SSSR count). The fourth-order valence-electron chi connectivity index (χ4n) is 10.3. The van der Waals surface area contributed by atoms with Crippen LogP contribution in [0.4, 0.5) is 0 Å². The molecule has 1 aliphatic heterocycles. The Morgan fingerprint density at radius 2 is 0.865 bits per heavy atom. The average Bonchev–Trinajstić information content (AvgIpc) is 3.65. The summed E-state index contributed by atoms with van der Waals surface area (Å²) >= 11 is -3.01. The molecular formula is C49H48Cl2Zr. The Morgan fingerprint density at radius 1 is 0.481 bits per heavy atom. The second-order valence-electron chi connectivity index (χ2n) is 16.3. The molecule has 0 bridgehead atoms. The van der Waals surface area contributed by atoms with Gasteiger partial charge in [0.2, 0.25) is 0 Å². The third kappa shape index (κ3) is 6.10. The van der Waals surface area contributed by atoms with E-state index in [9.17, 15) is 0 Å². The summed E-state index contributed by atoms with van der Waals surface area (Å²) in [5, 5.41) is 5.37. The largest absolute Gasteiger partial charge is 1.00 e. The molecule has 0 spiro atoms. The van der Waals surface area contributed by atoms with E-state index >= 15 is 0 Å². The van der Waals surface area contributed by atoms with Crippen molar-refractivity contribution in [2.75, 3.05) is 0 Å². The molecule has 3 aliphatic rings. The van der Waals surface area contributed by atoms with Crippen LogP contribution in [0.15, 0.2) is 132 Å². The molecule has 0 aromatic heterocycles. The number of halogens is 2. The first-order valence-corrected chi connectivity index (χ1v) is 25.4. The first-order valence-electron chi connectivity index (χ1n) is 19.1. The van der Waals surface area contributed by atoms with Gasteiger partial charge in [0.25, 0.3) is 0 Å². The fraction of sp³-hybridized carbons (Fsp3) is 0.265. The zero-order chi connectivity index (χ0) is 34.0. The van der Waals surface area contributed by atoms with Crippen LogP contribution in [0.25, 0.3) is 56.0 Å². The third-order valence-corrected chi connectivity index (χ3v) is 27.5. The van der Waals surface area contributed by atoms with Crippen LogP contribution >= 0.6 is 0 Å². The Kier molecular flexibility index (Phi) is 10.6. The molecule has 0 N–H and O–H groups in total. The molecular weight excluding hydrogens is 751 g/mol. The zero-order valence-electron chi connectivity index (χ0n) is 30.8. The van der Waals surface area contributed by atoms with Crippen molar-refractivity contribution < 1.29 is 45.1 Å². The van der Waals surface area contributed by atoms with E-state index in [-0.39, 0.29) is 24.8 Å². The Hall–Kier alpha value is -3.22. The van der Waals surface area contributed by atoms with Crippen molar-refractivity contribution in [3.63, 3.8) is 0 Å². The van der Waals surface area contributed by atoms with Gasteiger partial charge in [-0.2, -0.15) is 0 Å². The Balaban J connectivity index is 0.00000210. The average molecular weight is 799 g/mol. The van der Waals surface area contributed by atoms with Crippen LogP contribution in [0.3, 0.4) is 0 Å². The normalized spacial score (nSPS) is 17.7. The summed E-state index contributed by atoms with van der Waals surface area (Å²) in [6.45, 7) is 9.73. The van der Waals surface area contributed by atoms with Gasteiger partial charge in [-0.25, -0.2) is 0 Å². The monoisotopic (exact) mass is 796 g/mol. The molecule has 6 aromatic rings. The van der Waals surface area contributed by atoms with Crippen LogP contribution in [-0.2, 0) is 20.3 Å². The molecule has 2 unspecified atom stereocenters. The molecule has 0 nitrogen and oxygen atoms in total. The van der Waals surface area contributed by atoms with Crippen molar-refractivity contribution in [3.05, 3.63) is 155 Å². The van der Waals surface area contributed by atoms with Gasteiger partial charge in [0, 0.05) is 0 Å². The number of hydrogen-bond donors (Lipinski definition) is 0. The minimum absolute atomic E-state index is 0. The van der Waals surface area contributed by atoms with E-state index in [1.807, 2.05) is 0 Å². The molecule has 2 atom stereocenters. The Labute approximate surface area is 327 Å². The van der Waals surface area contributed by atoms with Crippen molar-refractivity contribution in [2.45, 2.75) is 62.5 Å². The van der Waals surface area contributed by atoms with Crippen LogP contribution < -0.4 is 24.8 Å². The van der Waals surface area contributed by atoms with Crippen molar-refractivity contribution >= 4 is 33.7 Å². The molecule has 262 valence electrons. The van der Waals surface area contributed by atoms with Crippen molar-refractivity contribution in [2.24, 2.45) is 11.8 Å². The fourth-order valence-corrected chi connectivity index (χ4v) is 25.7. The molecule has 0 saturated carbocycles. The van der Waals surface area contributed by atoms with E-state index in [0.717, 1.165) is 0 Å². The first-order chi connectivity index (χ1) is 24.4. The van der Waals surface area contributed by atoms with Gasteiger partial charge in [-0.05, 0) is 0 Å². The number of fused-ring (bicyclic) bond motifs is 4. The second kappa shape index (κ2) is 14.9. The van der Waals surface area contributed by atoms with E-state index in [1.165, 1.54) is 82.4 Å². The van der Waals surface area contributed by atoms with E-state index in [0.29, 0.717) is 19.1 Å². The summed E-state index contributed by atoms with van der Waals surface area (Å²) in [5.74, 6) is 1.28. The van der Waals surface area contributed by atoms with Crippen LogP contribution in [0, 0.1) is 11.8 Å². The molecule has 1 heterocycles. The maximum absolute atomic E-state index is 3.01. The topological polar surface area (TPSA) is 0 Å². The Bertz CT molecular complexity index is 2170. The van der Waals surface area contributed by atoms with Crippen LogP contribution in [0.1, 0.15) is 76.5 Å². The summed E-state index contributed by atoms with van der Waals surface area (Å²) in [6, 6.07) is 46.3. The summed E-state index contributed by atoms with van der Waals surface area (Å²) in [5.41, 5.74) is 15.5. The molecule has 3 heteroatoms. The van der Waals surface area contributed by atoms with Crippen LogP contribution in [0.5, 0.6) is 0 Å². The van der Waals surface area contributed by atoms with Gasteiger partial charge < -0.3 is 24.8 Å². The van der Waals surface area contributed by atoms with Gasteiger partial charge in [0.05, 0.1) is 0 Å². The van der Waals surface area contributed by atoms with Crippen molar-refractivity contribution in [3.8, 4) is 22.3 Å². The van der Waals surface area contributed by atoms with Gasteiger partial charge in [0.15, 0.2) is 0 Å². The maximum Gasteiger partial charge on any atom is -1.00 e. The number of rotatable bonds is 8. The summed E-state index contributed by atoms with van der Waals surface area (Å²) in [4.78, 5) is 0. The standard InChI is InChI=1S/2C23H21.C3H6.2ClH.Zr/c2*1-16(2)13-17-14-19-9-6-12-22(23(19)15-17)21-11-5-8-18-7-3-4-10-20(18)21;1-3-2;;;/h2*3-12,14-16H,13H2,1-2H3;1-3H2;2*1H;/q;;;;;+2/p-2. The van der Waals surface area contributed by atoms with Gasteiger partial charge in [-0.15, -0.1) is 0 Å². The molecule has 2 aliphatic carbocycles. The Morgan fingerprint density at radius 3 is 1.27 bits per heavy atom. The quantitative estimate of drug-likeness (QED) is 0.145. The second-order valence-corrected chi connectivity index (χ2v) is 27.6. The van der Waals surface area contributed by atoms with Crippen molar-refractivity contribution in [1.82, 2.24) is 0 Å². The smallest absolute Gasteiger partial charge is 1.00 e. The summed E-state index contributed by atoms with van der Waals surface area (Å²) in [6.07, 6.45) is 9.20. The molecule has 0 amide bonds.